The van der Waals surface area contributed by atoms with Gasteiger partial charge in [0, 0.05) is 0 Å². The van der Waals surface area contributed by atoms with Gasteiger partial charge in [-0.05, 0) is 0 Å². The normalized spacial score (nSPS) is 12.0. The first-order valence-electron chi connectivity index (χ1n) is 14.9. The van der Waals surface area contributed by atoms with E-state index in [1.807, 2.05) is 64.1 Å². The van der Waals surface area contributed by atoms with Crippen LogP contribution < -0.4 is 10.1 Å². The van der Waals surface area contributed by atoms with Gasteiger partial charge in [-0.25, -0.2) is 0 Å². The van der Waals surface area contributed by atoms with Gasteiger partial charge >= 0.3 is 228 Å². The molecule has 2 rings (SSSR count). The fourth-order valence-corrected chi connectivity index (χ4v) is 4.70. The summed E-state index contributed by atoms with van der Waals surface area (Å²) in [4.78, 5) is 28.2. The fourth-order valence-electron chi connectivity index (χ4n) is 4.49. The summed E-state index contributed by atoms with van der Waals surface area (Å²) in [6, 6.07) is 14.4. The van der Waals surface area contributed by atoms with Gasteiger partial charge in [-0.15, -0.1) is 0 Å². The molecule has 0 fully saturated rings. The summed E-state index contributed by atoms with van der Waals surface area (Å²) >= 11 is 4.50. The van der Waals surface area contributed by atoms with Gasteiger partial charge in [-0.3, -0.25) is 0 Å². The second kappa shape index (κ2) is 18.7. The van der Waals surface area contributed by atoms with Crippen molar-refractivity contribution >= 4 is 17.1 Å². The van der Waals surface area contributed by atoms with Gasteiger partial charge < -0.3 is 0 Å². The molecule has 42 heavy (non-hydrogen) atoms. The number of hydrogen-bond acceptors (Lipinski definition) is 5. The maximum atomic E-state index is 14.5. The molecule has 7 nitrogen and oxygen atoms in total. The van der Waals surface area contributed by atoms with E-state index in [0.29, 0.717) is 51.4 Å². The van der Waals surface area contributed by atoms with Gasteiger partial charge in [0.05, 0.1) is 0 Å². The predicted octanol–water partition coefficient (Wildman–Crippen LogP) is 6.27. The Kier molecular flexibility index (Phi) is 15.8. The number of unbranched alkanes of at least 4 members (excludes halogenated alkanes) is 3. The Morgan fingerprint density at radius 1 is 1.05 bits per heavy atom. The van der Waals surface area contributed by atoms with Crippen LogP contribution in [-0.2, 0) is 37.8 Å². The molecule has 2 aromatic rings. The summed E-state index contributed by atoms with van der Waals surface area (Å²) < 4.78 is 26.7. The number of carbonyl (C=O) groups excluding carboxylic acids is 2. The maximum absolute atomic E-state index is 14.5. The van der Waals surface area contributed by atoms with Crippen molar-refractivity contribution in [3.05, 3.63) is 65.5 Å². The van der Waals surface area contributed by atoms with E-state index in [4.69, 9.17) is 9.47 Å². The molecule has 0 aliphatic rings. The molecule has 235 valence electrons. The van der Waals surface area contributed by atoms with Gasteiger partial charge in [0.25, 0.3) is 0 Å². The average molecular weight is 629 g/mol. The third kappa shape index (κ3) is 14.9. The molecule has 0 saturated carbocycles. The molecule has 0 saturated heterocycles. The van der Waals surface area contributed by atoms with Gasteiger partial charge in [-0.1, -0.05) is 31.5 Å². The third-order valence-electron chi connectivity index (χ3n) is 6.51. The van der Waals surface area contributed by atoms with Crippen molar-refractivity contribution in [3.8, 4) is 5.75 Å². The Bertz CT molecular complexity index is 1110. The van der Waals surface area contributed by atoms with Gasteiger partial charge in [0.15, 0.2) is 0 Å². The van der Waals surface area contributed by atoms with Crippen LogP contribution >= 0.6 is 0 Å². The van der Waals surface area contributed by atoms with Crippen LogP contribution in [0.5, 0.6) is 5.75 Å². The Balaban J connectivity index is 2.10. The SMILES string of the molecule is CCCCCCOc1cc(F)cc(C[C@@H](CCN(CCN(C=O)Cc2ccccc2)C(=O)OC(C)(C)C)N[C](C)=[Co])c1. The first-order chi connectivity index (χ1) is 20.0. The van der Waals surface area contributed by atoms with Gasteiger partial charge in [-0.2, -0.15) is 0 Å². The monoisotopic (exact) mass is 628 g/mol. The Morgan fingerprint density at radius 3 is 2.43 bits per heavy atom. The Labute approximate surface area is 259 Å². The van der Waals surface area contributed by atoms with Crippen molar-refractivity contribution in [2.75, 3.05) is 26.2 Å². The summed E-state index contributed by atoms with van der Waals surface area (Å²) in [5.74, 6) is 0.178. The third-order valence-corrected chi connectivity index (χ3v) is 6.66. The summed E-state index contributed by atoms with van der Waals surface area (Å²) in [5.41, 5.74) is 1.14. The van der Waals surface area contributed by atoms with E-state index in [1.165, 1.54) is 12.1 Å². The Hall–Kier alpha value is -2.75. The zero-order valence-electron chi connectivity index (χ0n) is 25.8. The van der Waals surface area contributed by atoms with Crippen molar-refractivity contribution in [2.45, 2.75) is 91.3 Å². The van der Waals surface area contributed by atoms with Crippen LogP contribution in [0.2, 0.25) is 0 Å². The predicted molar refractivity (Wildman–Crippen MR) is 163 cm³/mol. The molecule has 0 aliphatic carbocycles. The average Bonchev–Trinajstić information content (AvgIpc) is 2.91. The first kappa shape index (κ1) is 35.4. The van der Waals surface area contributed by atoms with E-state index in [9.17, 15) is 14.0 Å². The minimum absolute atomic E-state index is 0.128. The molecule has 0 aromatic heterocycles. The van der Waals surface area contributed by atoms with E-state index in [-0.39, 0.29) is 11.9 Å². The van der Waals surface area contributed by atoms with Crippen LogP contribution in [0.3, 0.4) is 0 Å². The number of ether oxygens (including phenoxy) is 2. The van der Waals surface area contributed by atoms with Crippen molar-refractivity contribution in [1.82, 2.24) is 15.1 Å². The number of rotatable bonds is 19. The zero-order valence-corrected chi connectivity index (χ0v) is 26.8. The number of carbonyl (C=O) groups is 2. The van der Waals surface area contributed by atoms with E-state index < -0.39 is 11.7 Å². The summed E-state index contributed by atoms with van der Waals surface area (Å²) in [6.07, 6.45) is 5.76. The molecule has 2 amide bonds. The number of benzene rings is 2. The first-order valence-corrected chi connectivity index (χ1v) is 15.4. The minimum atomic E-state index is -0.662. The molecule has 0 bridgehead atoms. The van der Waals surface area contributed by atoms with Gasteiger partial charge in [0.2, 0.25) is 0 Å². The molecule has 0 radical (unpaired) electrons. The second-order valence-electron chi connectivity index (χ2n) is 11.6. The summed E-state index contributed by atoms with van der Waals surface area (Å²) in [6.45, 7) is 11.5. The van der Waals surface area contributed by atoms with Crippen LogP contribution in [0.25, 0.3) is 0 Å². The quantitative estimate of drug-likeness (QED) is 0.147. The molecule has 1 N–H and O–H groups in total. The summed E-state index contributed by atoms with van der Waals surface area (Å²) in [5, 5.41) is 3.35. The fraction of sp³-hybridized carbons (Fsp3) is 0.545. The molecule has 2 aromatic carbocycles. The van der Waals surface area contributed by atoms with Crippen LogP contribution in [0.1, 0.15) is 77.8 Å². The molecular weight excluding hydrogens is 580 g/mol. The van der Waals surface area contributed by atoms with Crippen molar-refractivity contribution < 1.29 is 38.8 Å². The van der Waals surface area contributed by atoms with E-state index >= 15 is 0 Å². The van der Waals surface area contributed by atoms with Crippen molar-refractivity contribution in [3.63, 3.8) is 0 Å². The van der Waals surface area contributed by atoms with E-state index in [1.54, 1.807) is 9.80 Å². The molecule has 1 atom stereocenters. The van der Waals surface area contributed by atoms with Crippen LogP contribution in [-0.4, -0.2) is 64.8 Å². The van der Waals surface area contributed by atoms with Gasteiger partial charge in [0.1, 0.15) is 0 Å². The molecule has 0 unspecified atom stereocenters. The molecule has 0 heterocycles. The Morgan fingerprint density at radius 2 is 1.79 bits per heavy atom. The molecule has 0 aliphatic heterocycles. The van der Waals surface area contributed by atoms with Crippen LogP contribution in [0.15, 0.2) is 48.5 Å². The molecule has 9 heteroatoms. The topological polar surface area (TPSA) is 71.1 Å². The number of amides is 2. The van der Waals surface area contributed by atoms with Crippen molar-refractivity contribution in [1.29, 1.82) is 0 Å². The number of halogens is 1. The number of nitrogens with one attached hydrogen (secondary N) is 1. The zero-order chi connectivity index (χ0) is 31.0. The van der Waals surface area contributed by atoms with E-state index in [0.717, 1.165) is 47.8 Å². The second-order valence-corrected chi connectivity index (χ2v) is 12.3. The molecule has 0 spiro atoms. The van der Waals surface area contributed by atoms with Crippen LogP contribution in [0.4, 0.5) is 9.18 Å². The summed E-state index contributed by atoms with van der Waals surface area (Å²) in [7, 11) is 0. The van der Waals surface area contributed by atoms with Crippen molar-refractivity contribution in [2.24, 2.45) is 0 Å². The number of nitrogens with zero attached hydrogens (tertiary/aromatic N) is 2. The van der Waals surface area contributed by atoms with Crippen LogP contribution in [0, 0.1) is 5.82 Å². The number of hydrogen-bond donors (Lipinski definition) is 1. The molecular formula is C33H48CoFN3O4. The van der Waals surface area contributed by atoms with E-state index in [2.05, 4.69) is 27.5 Å². The standard InChI is InChI=1S/C33H48FN3O4.Co/c1-6-8-9-13-20-40-31-23-28(21-29(34)24-31)22-30(35-7-2)16-17-37(32(39)41-33(3,4)5)19-18-36(26-38)25-27-14-11-10-12-15-27;/h10-12,14-15,21,23-24,26,30,35H,6,8-9,13,16-20,22,25H2,1-5H3;/t30-;/m1./s1.